The van der Waals surface area contributed by atoms with Crippen LogP contribution in [-0.4, -0.2) is 137 Å². The summed E-state index contributed by atoms with van der Waals surface area (Å²) in [5.74, 6) is -0.442. The fourth-order valence-corrected chi connectivity index (χ4v) is 19.8. The van der Waals surface area contributed by atoms with Crippen molar-refractivity contribution in [2.45, 2.75) is 6.42 Å². The molecule has 5 aliphatic rings. The average molecular weight is 1740 g/mol. The van der Waals surface area contributed by atoms with Gasteiger partial charge in [-0.05, 0) is 210 Å². The summed E-state index contributed by atoms with van der Waals surface area (Å²) in [6, 6.07) is 73.9. The third-order valence-corrected chi connectivity index (χ3v) is 29.2. The number of pyridine rings is 4. The lowest BCUT2D eigenvalue weighted by atomic mass is 10.0. The summed E-state index contributed by atoms with van der Waals surface area (Å²) in [5.41, 5.74) is 16.5. The molecule has 610 valence electrons. The minimum atomic E-state index is -3.18. The van der Waals surface area contributed by atoms with Gasteiger partial charge < -0.3 is 26.3 Å². The summed E-state index contributed by atoms with van der Waals surface area (Å²) in [7, 11) is -12.7. The highest BCUT2D eigenvalue weighted by Gasteiger charge is 2.36. The minimum absolute atomic E-state index is 0.157. The second-order valence-electron chi connectivity index (χ2n) is 28.7. The molecule has 15 aromatic rings. The molecule has 4 saturated heterocycles. The number of amides is 4. The van der Waals surface area contributed by atoms with Crippen LogP contribution in [-0.2, 0) is 46.5 Å². The number of benzene rings is 9. The van der Waals surface area contributed by atoms with Crippen molar-refractivity contribution < 1.29 is 52.8 Å². The molecule has 122 heavy (non-hydrogen) atoms. The SMILES string of the molecule is O=C(Nc1ccc(Cl)c(C2=Nc3ccccc3C2)c1)c1ccc(N2CCS2(=O)=O)cc1.O=C(Nc1cccc(-c2nccc3cc[nH]c23)c1)c1ccc(N2CCS2(=O)=O)cc1.O=C(Nc1cccc(-c2nccc3ccncc23)c1)c1ccc(N2CCS2(=O)=O)cc1.O=C(Nc1cccc(-c2nccc3sccc23)c1)c1ccc(N2CCS2(=O)=O)cc1. The van der Waals surface area contributed by atoms with E-state index in [2.05, 4.69) is 51.2 Å². The molecule has 0 spiro atoms. The molecule has 6 aromatic heterocycles. The Morgan fingerprint density at radius 3 is 1.25 bits per heavy atom. The molecule has 4 fully saturated rings. The maximum atomic E-state index is 12.7. The van der Waals surface area contributed by atoms with Crippen LogP contribution in [0, 0.1) is 0 Å². The van der Waals surface area contributed by atoms with Crippen LogP contribution in [0.1, 0.15) is 52.6 Å². The van der Waals surface area contributed by atoms with Crippen molar-refractivity contribution in [2.24, 2.45) is 4.99 Å². The van der Waals surface area contributed by atoms with E-state index < -0.39 is 40.1 Å². The molecule has 0 unspecified atom stereocenters. The van der Waals surface area contributed by atoms with Crippen molar-refractivity contribution in [3.63, 3.8) is 0 Å². The first-order valence-corrected chi connectivity index (χ1v) is 46.0. The van der Waals surface area contributed by atoms with Gasteiger partial charge in [0.15, 0.2) is 0 Å². The topological polar surface area (TPSA) is 346 Å². The van der Waals surface area contributed by atoms with E-state index in [1.807, 2.05) is 151 Å². The Kier molecular flexibility index (Phi) is 22.3. The van der Waals surface area contributed by atoms with Crippen LogP contribution in [0.5, 0.6) is 0 Å². The van der Waals surface area contributed by atoms with E-state index in [1.54, 1.807) is 152 Å². The molecule has 26 nitrogen and oxygen atoms in total. The molecule has 20 rings (SSSR count). The average Bonchev–Trinajstić information content (AvgIpc) is 1.17. The summed E-state index contributed by atoms with van der Waals surface area (Å²) < 4.78 is 100. The number of aromatic amines is 1. The second-order valence-corrected chi connectivity index (χ2v) is 38.1. The van der Waals surface area contributed by atoms with Gasteiger partial charge in [-0.25, -0.2) is 33.7 Å². The Hall–Kier alpha value is -13.8. The van der Waals surface area contributed by atoms with Crippen LogP contribution in [0.15, 0.2) is 296 Å². The number of aromatic nitrogens is 5. The summed E-state index contributed by atoms with van der Waals surface area (Å²) in [4.78, 5) is 76.3. The van der Waals surface area contributed by atoms with E-state index in [4.69, 9.17) is 11.6 Å². The number of hydrogen-bond donors (Lipinski definition) is 5. The molecule has 11 heterocycles. The van der Waals surface area contributed by atoms with E-state index >= 15 is 0 Å². The van der Waals surface area contributed by atoms with Crippen molar-refractivity contribution >= 4 is 175 Å². The van der Waals surface area contributed by atoms with Gasteiger partial charge in [0.05, 0.1) is 79.8 Å². The van der Waals surface area contributed by atoms with E-state index in [9.17, 15) is 52.8 Å². The number of nitrogens with one attached hydrogen (secondary N) is 5. The number of carbonyl (C=O) groups excluding carboxylic acids is 4. The number of anilines is 8. The van der Waals surface area contributed by atoms with Gasteiger partial charge in [0.25, 0.3) is 23.6 Å². The number of para-hydroxylation sites is 1. The maximum Gasteiger partial charge on any atom is 0.255 e. The molecule has 0 saturated carbocycles. The fourth-order valence-electron chi connectivity index (χ4n) is 14.3. The first kappa shape index (κ1) is 80.6. The molecule has 4 amide bonds. The first-order chi connectivity index (χ1) is 58.9. The molecule has 32 heteroatoms. The molecule has 0 atom stereocenters. The number of sulfonamides is 4. The van der Waals surface area contributed by atoms with E-state index in [0.29, 0.717) is 105 Å². The zero-order valence-electron chi connectivity index (χ0n) is 64.4. The molecule has 5 aliphatic heterocycles. The number of rotatable bonds is 16. The number of H-pyrrole nitrogens is 1. The maximum absolute atomic E-state index is 12.7. The van der Waals surface area contributed by atoms with Crippen LogP contribution < -0.4 is 38.5 Å². The predicted molar refractivity (Wildman–Crippen MR) is 481 cm³/mol. The van der Waals surface area contributed by atoms with E-state index in [1.165, 1.54) is 21.9 Å². The molecule has 0 radical (unpaired) electrons. The fraction of sp³-hybridized carbons (Fsp3) is 0.100. The van der Waals surface area contributed by atoms with Crippen molar-refractivity contribution in [1.29, 1.82) is 0 Å². The van der Waals surface area contributed by atoms with Crippen LogP contribution in [0.4, 0.5) is 51.2 Å². The third kappa shape index (κ3) is 17.2. The number of fused-ring (bicyclic) bond motifs is 4. The lowest BCUT2D eigenvalue weighted by molar-refractivity contribution is 0.101. The summed E-state index contributed by atoms with van der Waals surface area (Å²) in [6.07, 6.45) is 11.4. The standard InChI is InChI=1S/C23H18ClN3O3S.C23H18N4O3S.C22H18N4O3S.C22H17N3O3S2/c24-20-10-7-17(14-19(20)22-13-16-3-1-2-4-21(16)26-22)25-23(28)15-5-8-18(9-6-15)27-11-12-31(27,29)30;28-23(17-4-6-20(7-5-17)27-12-13-31(27,29)30)26-19-3-1-2-18(14-19)22-21-15-24-10-8-16(21)9-11-25-22;27-22(16-4-6-19(7-5-16)26-12-13-30(26,28)29)25-18-3-1-2-17(14-18)21-20-15(8-10-23-20)9-11-24-21;26-22(15-4-6-18(7-5-15)25-11-13-30(25,27)28)24-17-3-1-2-16(14-17)21-19-9-12-29-20(19)8-10-23-21/h1-10,14H,11-13H2,(H,25,28);1-11,14-15H,12-13H2,(H,26,28);1-11,14,23H,12-13H2,(H,25,27);1-10,12,14H,11,13H2,(H,24,26). The van der Waals surface area contributed by atoms with Crippen molar-refractivity contribution in [3.05, 3.63) is 330 Å². The summed E-state index contributed by atoms with van der Waals surface area (Å²) in [5, 5.41) is 18.3. The van der Waals surface area contributed by atoms with Gasteiger partial charge in [-0.15, -0.1) is 11.3 Å². The van der Waals surface area contributed by atoms with Gasteiger partial charge >= 0.3 is 0 Å². The van der Waals surface area contributed by atoms with Gasteiger partial charge in [-0.1, -0.05) is 66.2 Å². The normalized spacial score (nSPS) is 15.3. The Labute approximate surface area is 710 Å². The second kappa shape index (κ2) is 33.8. The number of nitrogens with zero attached hydrogens (tertiary/aromatic N) is 9. The van der Waals surface area contributed by atoms with Crippen LogP contribution in [0.3, 0.4) is 0 Å². The Balaban J connectivity index is 0.000000116. The van der Waals surface area contributed by atoms with Gasteiger partial charge in [0, 0.05) is 163 Å². The Bertz CT molecular complexity index is 6950. The van der Waals surface area contributed by atoms with E-state index in [0.717, 1.165) is 83.4 Å². The monoisotopic (exact) mass is 1730 g/mol. The Morgan fingerprint density at radius 2 is 0.803 bits per heavy atom. The number of hydrogen-bond acceptors (Lipinski definition) is 18. The number of aliphatic imine (C=N–C) groups is 1. The van der Waals surface area contributed by atoms with Crippen LogP contribution in [0.2, 0.25) is 5.02 Å². The largest absolute Gasteiger partial charge is 0.359 e. The molecule has 9 aromatic carbocycles. The van der Waals surface area contributed by atoms with Crippen molar-refractivity contribution in [3.8, 4) is 33.8 Å². The lowest BCUT2D eigenvalue weighted by Crippen LogP contribution is -2.47. The van der Waals surface area contributed by atoms with Crippen molar-refractivity contribution in [1.82, 2.24) is 24.9 Å². The van der Waals surface area contributed by atoms with Gasteiger partial charge in [0.2, 0.25) is 40.1 Å². The Morgan fingerprint density at radius 1 is 0.393 bits per heavy atom. The minimum Gasteiger partial charge on any atom is -0.359 e. The molecule has 0 aliphatic carbocycles. The van der Waals surface area contributed by atoms with Gasteiger partial charge in [0.1, 0.15) is 0 Å². The van der Waals surface area contributed by atoms with Crippen molar-refractivity contribution in [2.75, 3.05) is 87.7 Å². The highest BCUT2D eigenvalue weighted by molar-refractivity contribution is 7.95. The first-order valence-electron chi connectivity index (χ1n) is 38.3. The highest BCUT2D eigenvalue weighted by Crippen LogP contribution is 2.37. The lowest BCUT2D eigenvalue weighted by Gasteiger charge is -2.32. The quantitative estimate of drug-likeness (QED) is 0.0600. The third-order valence-electron chi connectivity index (χ3n) is 21.0. The summed E-state index contributed by atoms with van der Waals surface area (Å²) in [6.45, 7) is 1.89. The molecule has 5 N–H and O–H groups in total. The van der Waals surface area contributed by atoms with Gasteiger partial charge in [-0.3, -0.25) is 61.3 Å². The molecular weight excluding hydrogens is 1660 g/mol. The zero-order chi connectivity index (χ0) is 84.4. The smallest absolute Gasteiger partial charge is 0.255 e. The van der Waals surface area contributed by atoms with Gasteiger partial charge in [-0.2, -0.15) is 0 Å². The van der Waals surface area contributed by atoms with Crippen LogP contribution >= 0.6 is 22.9 Å². The zero-order valence-corrected chi connectivity index (χ0v) is 69.3. The predicted octanol–water partition coefficient (Wildman–Crippen LogP) is 16.1. The molecule has 0 bridgehead atoms. The highest BCUT2D eigenvalue weighted by atomic mass is 35.5. The number of thiophene rings is 1. The van der Waals surface area contributed by atoms with E-state index in [-0.39, 0.29) is 46.6 Å². The van der Waals surface area contributed by atoms with Crippen LogP contribution in [0.25, 0.3) is 65.5 Å². The number of halogens is 1. The summed E-state index contributed by atoms with van der Waals surface area (Å²) >= 11 is 8.08. The molecular formula is C90H71ClN14O12S5. The number of carbonyl (C=O) groups is 4.